The molecule has 5 heteroatoms. The molecule has 20 heavy (non-hydrogen) atoms. The van der Waals surface area contributed by atoms with E-state index in [2.05, 4.69) is 23.4 Å². The Hall–Kier alpha value is -1.20. The summed E-state index contributed by atoms with van der Waals surface area (Å²) in [5, 5.41) is 2.89. The van der Waals surface area contributed by atoms with Crippen LogP contribution in [0.15, 0.2) is 18.2 Å². The van der Waals surface area contributed by atoms with Crippen molar-refractivity contribution in [3.05, 3.63) is 23.8 Å². The highest BCUT2D eigenvalue weighted by atomic mass is 32.2. The predicted molar refractivity (Wildman–Crippen MR) is 89.3 cm³/mol. The molecule has 1 aromatic carbocycles. The highest BCUT2D eigenvalue weighted by molar-refractivity contribution is 7.98. The van der Waals surface area contributed by atoms with Crippen molar-refractivity contribution in [3.63, 3.8) is 0 Å². The number of nitrogens with zero attached hydrogens (tertiary/aromatic N) is 1. The number of anilines is 2. The van der Waals surface area contributed by atoms with Crippen LogP contribution in [0.2, 0.25) is 0 Å². The van der Waals surface area contributed by atoms with Gasteiger partial charge in [-0.15, -0.1) is 0 Å². The van der Waals surface area contributed by atoms with Crippen LogP contribution in [0.4, 0.5) is 11.4 Å². The minimum atomic E-state index is -0.00763. The predicted octanol–water partition coefficient (Wildman–Crippen LogP) is 2.59. The summed E-state index contributed by atoms with van der Waals surface area (Å²) in [6.45, 7) is 4.48. The zero-order valence-corrected chi connectivity index (χ0v) is 13.6. The van der Waals surface area contributed by atoms with Crippen molar-refractivity contribution in [2.24, 2.45) is 0 Å². The molecule has 0 aliphatic rings. The van der Waals surface area contributed by atoms with Crippen molar-refractivity contribution in [2.75, 3.05) is 36.7 Å². The first-order valence-corrected chi connectivity index (χ1v) is 8.18. The molecule has 0 spiro atoms. The summed E-state index contributed by atoms with van der Waals surface area (Å²) in [7, 11) is 1.98. The van der Waals surface area contributed by atoms with Crippen LogP contribution in [0, 0.1) is 6.92 Å². The van der Waals surface area contributed by atoms with Gasteiger partial charge in [0, 0.05) is 17.4 Å². The third-order valence-electron chi connectivity index (χ3n) is 3.45. The molecule has 112 valence electrons. The second-order valence-electron chi connectivity index (χ2n) is 5.17. The summed E-state index contributed by atoms with van der Waals surface area (Å²) in [6, 6.07) is 5.98. The van der Waals surface area contributed by atoms with Gasteiger partial charge in [-0.3, -0.25) is 9.69 Å². The average molecular weight is 295 g/mol. The normalized spacial score (nSPS) is 12.4. The second-order valence-corrected chi connectivity index (χ2v) is 6.15. The summed E-state index contributed by atoms with van der Waals surface area (Å²) < 4.78 is 0. The van der Waals surface area contributed by atoms with Gasteiger partial charge >= 0.3 is 0 Å². The Balaban J connectivity index is 2.48. The smallest absolute Gasteiger partial charge is 0.238 e. The van der Waals surface area contributed by atoms with Crippen LogP contribution in [0.1, 0.15) is 18.9 Å². The minimum absolute atomic E-state index is 0.00763. The summed E-state index contributed by atoms with van der Waals surface area (Å²) in [5.41, 5.74) is 8.31. The van der Waals surface area contributed by atoms with Crippen LogP contribution in [0.3, 0.4) is 0 Å². The van der Waals surface area contributed by atoms with Crippen molar-refractivity contribution >= 4 is 29.0 Å². The Kier molecular flexibility index (Phi) is 6.88. The van der Waals surface area contributed by atoms with Gasteiger partial charge in [-0.2, -0.15) is 11.8 Å². The first-order valence-electron chi connectivity index (χ1n) is 6.79. The van der Waals surface area contributed by atoms with E-state index in [1.54, 1.807) is 6.07 Å². The molecule has 3 N–H and O–H groups in total. The molecular weight excluding hydrogens is 270 g/mol. The molecule has 0 saturated heterocycles. The van der Waals surface area contributed by atoms with Gasteiger partial charge in [-0.1, -0.05) is 6.07 Å². The van der Waals surface area contributed by atoms with E-state index in [0.717, 1.165) is 23.4 Å². The molecule has 1 atom stereocenters. The zero-order valence-electron chi connectivity index (χ0n) is 12.8. The third-order valence-corrected chi connectivity index (χ3v) is 4.09. The first kappa shape index (κ1) is 16.9. The molecule has 1 amide bonds. The van der Waals surface area contributed by atoms with Gasteiger partial charge in [0.15, 0.2) is 0 Å². The Labute approximate surface area is 126 Å². The second kappa shape index (κ2) is 8.17. The fraction of sp³-hybridized carbons (Fsp3) is 0.533. The summed E-state index contributed by atoms with van der Waals surface area (Å²) in [5.74, 6) is 1.11. The lowest BCUT2D eigenvalue weighted by molar-refractivity contribution is -0.117. The van der Waals surface area contributed by atoms with E-state index in [4.69, 9.17) is 5.73 Å². The van der Waals surface area contributed by atoms with Gasteiger partial charge in [0.2, 0.25) is 5.91 Å². The highest BCUT2D eigenvalue weighted by Crippen LogP contribution is 2.17. The molecule has 0 aromatic heterocycles. The van der Waals surface area contributed by atoms with Gasteiger partial charge in [-0.05, 0) is 57.0 Å². The highest BCUT2D eigenvalue weighted by Gasteiger charge is 2.13. The first-order chi connectivity index (χ1) is 9.43. The number of amides is 1. The Morgan fingerprint density at radius 1 is 1.50 bits per heavy atom. The van der Waals surface area contributed by atoms with Gasteiger partial charge in [0.05, 0.1) is 6.54 Å². The number of benzene rings is 1. The lowest BCUT2D eigenvalue weighted by Crippen LogP contribution is -2.36. The number of nitrogens with one attached hydrogen (secondary N) is 1. The quantitative estimate of drug-likeness (QED) is 0.759. The number of aryl methyl sites for hydroxylation is 1. The number of carbonyl (C=O) groups excluding carboxylic acids is 1. The van der Waals surface area contributed by atoms with Crippen LogP contribution in [-0.4, -0.2) is 42.4 Å². The third kappa shape index (κ3) is 5.43. The number of thioether (sulfide) groups is 1. The van der Waals surface area contributed by atoms with Crippen LogP contribution in [0.5, 0.6) is 0 Å². The van der Waals surface area contributed by atoms with E-state index in [1.807, 2.05) is 37.9 Å². The Morgan fingerprint density at radius 2 is 2.20 bits per heavy atom. The number of carbonyl (C=O) groups is 1. The lowest BCUT2D eigenvalue weighted by atomic mass is 10.2. The van der Waals surface area contributed by atoms with E-state index < -0.39 is 0 Å². The summed E-state index contributed by atoms with van der Waals surface area (Å²) >= 11 is 1.83. The molecule has 0 aliphatic carbocycles. The largest absolute Gasteiger partial charge is 0.398 e. The number of nitrogens with two attached hydrogens (primary N) is 1. The van der Waals surface area contributed by atoms with Crippen molar-refractivity contribution in [2.45, 2.75) is 26.3 Å². The zero-order chi connectivity index (χ0) is 15.1. The standard InChI is InChI=1S/C15H25N3OS/c1-11-5-6-13(9-14(11)16)17-15(19)10-18(3)12(2)7-8-20-4/h5-6,9,12H,7-8,10,16H2,1-4H3,(H,17,19). The molecule has 0 aliphatic heterocycles. The molecule has 1 aromatic rings. The van der Waals surface area contributed by atoms with Gasteiger partial charge < -0.3 is 11.1 Å². The monoisotopic (exact) mass is 295 g/mol. The molecule has 0 fully saturated rings. The average Bonchev–Trinajstić information content (AvgIpc) is 2.40. The van der Waals surface area contributed by atoms with Crippen molar-refractivity contribution < 1.29 is 4.79 Å². The number of hydrogen-bond donors (Lipinski definition) is 2. The number of hydrogen-bond acceptors (Lipinski definition) is 4. The summed E-state index contributed by atoms with van der Waals surface area (Å²) in [4.78, 5) is 14.1. The van der Waals surface area contributed by atoms with Gasteiger partial charge in [0.1, 0.15) is 0 Å². The van der Waals surface area contributed by atoms with Gasteiger partial charge in [-0.25, -0.2) is 0 Å². The van der Waals surface area contributed by atoms with Gasteiger partial charge in [0.25, 0.3) is 0 Å². The summed E-state index contributed by atoms with van der Waals surface area (Å²) in [6.07, 6.45) is 3.18. The fourth-order valence-corrected chi connectivity index (χ4v) is 2.39. The lowest BCUT2D eigenvalue weighted by Gasteiger charge is -2.23. The molecule has 0 saturated carbocycles. The molecule has 0 radical (unpaired) electrons. The Morgan fingerprint density at radius 3 is 2.80 bits per heavy atom. The molecule has 0 bridgehead atoms. The number of likely N-dealkylation sites (N-methyl/N-ethyl adjacent to an activating group) is 1. The van der Waals surface area contributed by atoms with Crippen LogP contribution >= 0.6 is 11.8 Å². The number of rotatable bonds is 7. The fourth-order valence-electron chi connectivity index (χ4n) is 1.81. The van der Waals surface area contributed by atoms with Crippen LogP contribution < -0.4 is 11.1 Å². The maximum atomic E-state index is 12.0. The van der Waals surface area contributed by atoms with E-state index in [9.17, 15) is 4.79 Å². The van der Waals surface area contributed by atoms with E-state index in [0.29, 0.717) is 18.3 Å². The van der Waals surface area contributed by atoms with Crippen molar-refractivity contribution in [3.8, 4) is 0 Å². The van der Waals surface area contributed by atoms with Crippen molar-refractivity contribution in [1.29, 1.82) is 0 Å². The van der Waals surface area contributed by atoms with Crippen LogP contribution in [-0.2, 0) is 4.79 Å². The number of nitrogen functional groups attached to an aromatic ring is 1. The maximum Gasteiger partial charge on any atom is 0.238 e. The Bertz CT molecular complexity index is 451. The maximum absolute atomic E-state index is 12.0. The molecular formula is C15H25N3OS. The molecule has 4 nitrogen and oxygen atoms in total. The molecule has 0 heterocycles. The topological polar surface area (TPSA) is 58.4 Å². The van der Waals surface area contributed by atoms with E-state index >= 15 is 0 Å². The SMILES string of the molecule is CSCCC(C)N(C)CC(=O)Nc1ccc(C)c(N)c1. The van der Waals surface area contributed by atoms with E-state index in [-0.39, 0.29) is 5.91 Å². The molecule has 1 unspecified atom stereocenters. The van der Waals surface area contributed by atoms with Crippen molar-refractivity contribution in [1.82, 2.24) is 4.90 Å². The molecule has 1 rings (SSSR count). The minimum Gasteiger partial charge on any atom is -0.398 e. The van der Waals surface area contributed by atoms with Crippen LogP contribution in [0.25, 0.3) is 0 Å². The van der Waals surface area contributed by atoms with E-state index in [1.165, 1.54) is 0 Å².